The first-order valence-corrected chi connectivity index (χ1v) is 9.71. The predicted molar refractivity (Wildman–Crippen MR) is 115 cm³/mol. The zero-order chi connectivity index (χ0) is 21.4. The molecule has 0 bridgehead atoms. The molecular weight excluding hydrogens is 366 g/mol. The molecule has 2 amide bonds. The Labute approximate surface area is 171 Å². The van der Waals surface area contributed by atoms with E-state index in [-0.39, 0.29) is 24.0 Å². The summed E-state index contributed by atoms with van der Waals surface area (Å²) in [6, 6.07) is 14.4. The lowest BCUT2D eigenvalue weighted by molar-refractivity contribution is -0.138. The molecule has 6 nitrogen and oxygen atoms in total. The van der Waals surface area contributed by atoms with Gasteiger partial charge in [-0.15, -0.1) is 0 Å². The third-order valence-electron chi connectivity index (χ3n) is 4.96. The molecule has 2 aromatic carbocycles. The van der Waals surface area contributed by atoms with E-state index in [4.69, 9.17) is 11.5 Å². The number of carbonyl (C=O) groups excluding carboxylic acids is 2. The first kappa shape index (κ1) is 22.2. The number of hydrogen-bond donors (Lipinski definition) is 3. The summed E-state index contributed by atoms with van der Waals surface area (Å²) in [6.07, 6.45) is 4.32. The van der Waals surface area contributed by atoms with E-state index < -0.39 is 18.0 Å². The maximum absolute atomic E-state index is 13.2. The molecule has 3 atom stereocenters. The van der Waals surface area contributed by atoms with Crippen molar-refractivity contribution < 1.29 is 14.7 Å². The van der Waals surface area contributed by atoms with Crippen LogP contribution in [-0.2, 0) is 16.0 Å². The highest BCUT2D eigenvalue weighted by Crippen LogP contribution is 2.19. The molecule has 0 saturated carbocycles. The van der Waals surface area contributed by atoms with Crippen LogP contribution in [0.5, 0.6) is 5.75 Å². The van der Waals surface area contributed by atoms with Crippen molar-refractivity contribution in [3.8, 4) is 5.75 Å². The number of primary amides is 1. The normalized spacial score (nSPS) is 14.3. The Balaban J connectivity index is 2.30. The van der Waals surface area contributed by atoms with Crippen LogP contribution in [0.15, 0.2) is 60.8 Å². The van der Waals surface area contributed by atoms with Gasteiger partial charge in [-0.1, -0.05) is 62.7 Å². The van der Waals surface area contributed by atoms with Crippen molar-refractivity contribution in [3.63, 3.8) is 0 Å². The summed E-state index contributed by atoms with van der Waals surface area (Å²) >= 11 is 0. The summed E-state index contributed by atoms with van der Waals surface area (Å²) in [7, 11) is 0. The Morgan fingerprint density at radius 3 is 2.28 bits per heavy atom. The Morgan fingerprint density at radius 2 is 1.72 bits per heavy atom. The molecule has 0 aromatic heterocycles. The van der Waals surface area contributed by atoms with Crippen LogP contribution in [0.4, 0.5) is 0 Å². The standard InChI is InChI=1S/C23H29N3O3/c1-3-16(2)21(22(25)28)26(14-13-17-7-5-4-6-8-17)23(29)20(24)15-18-9-11-19(27)12-10-18/h4-14,16,20-21,27H,3,15,24H2,1-2H3,(H2,25,28)/t16-,20-,21-/m0/s1. The largest absolute Gasteiger partial charge is 0.508 e. The van der Waals surface area contributed by atoms with Crippen LogP contribution in [0, 0.1) is 5.92 Å². The third kappa shape index (κ3) is 6.19. The minimum Gasteiger partial charge on any atom is -0.508 e. The van der Waals surface area contributed by atoms with E-state index in [1.54, 1.807) is 36.5 Å². The van der Waals surface area contributed by atoms with Gasteiger partial charge in [-0.05, 0) is 41.7 Å². The molecule has 0 unspecified atom stereocenters. The highest BCUT2D eigenvalue weighted by Gasteiger charge is 2.33. The minimum absolute atomic E-state index is 0.127. The zero-order valence-corrected chi connectivity index (χ0v) is 16.9. The van der Waals surface area contributed by atoms with Gasteiger partial charge in [0.25, 0.3) is 0 Å². The average Bonchev–Trinajstić information content (AvgIpc) is 2.72. The number of rotatable bonds is 9. The van der Waals surface area contributed by atoms with Crippen molar-refractivity contribution in [2.24, 2.45) is 17.4 Å². The van der Waals surface area contributed by atoms with Gasteiger partial charge in [0, 0.05) is 6.20 Å². The van der Waals surface area contributed by atoms with Gasteiger partial charge < -0.3 is 21.5 Å². The molecule has 5 N–H and O–H groups in total. The number of nitrogens with zero attached hydrogens (tertiary/aromatic N) is 1. The molecular formula is C23H29N3O3. The number of carbonyl (C=O) groups is 2. The Hall–Kier alpha value is -3.12. The second kappa shape index (κ2) is 10.4. The van der Waals surface area contributed by atoms with Gasteiger partial charge in [0.15, 0.2) is 0 Å². The van der Waals surface area contributed by atoms with Crippen LogP contribution in [-0.4, -0.2) is 33.9 Å². The number of nitrogens with two attached hydrogens (primary N) is 2. The molecule has 0 heterocycles. The SMILES string of the molecule is CC[C@H](C)[C@@H](C(N)=O)N(C=Cc1ccccc1)C(=O)[C@@H](N)Cc1ccc(O)cc1. The number of hydrogen-bond acceptors (Lipinski definition) is 4. The lowest BCUT2D eigenvalue weighted by Gasteiger charge is -2.32. The van der Waals surface area contributed by atoms with Gasteiger partial charge in [-0.2, -0.15) is 0 Å². The van der Waals surface area contributed by atoms with Gasteiger partial charge >= 0.3 is 0 Å². The fourth-order valence-corrected chi connectivity index (χ4v) is 3.11. The third-order valence-corrected chi connectivity index (χ3v) is 4.96. The summed E-state index contributed by atoms with van der Waals surface area (Å²) in [5.74, 6) is -0.930. The summed E-state index contributed by atoms with van der Waals surface area (Å²) in [6.45, 7) is 3.83. The molecule has 2 aromatic rings. The quantitative estimate of drug-likeness (QED) is 0.606. The van der Waals surface area contributed by atoms with E-state index in [1.807, 2.05) is 44.2 Å². The van der Waals surface area contributed by atoms with Gasteiger partial charge in [-0.25, -0.2) is 0 Å². The lowest BCUT2D eigenvalue weighted by Crippen LogP contribution is -2.53. The van der Waals surface area contributed by atoms with Crippen LogP contribution < -0.4 is 11.5 Å². The van der Waals surface area contributed by atoms with E-state index in [9.17, 15) is 14.7 Å². The summed E-state index contributed by atoms with van der Waals surface area (Å²) < 4.78 is 0. The molecule has 0 radical (unpaired) electrons. The molecule has 2 rings (SSSR count). The first-order chi connectivity index (χ1) is 13.8. The Kier molecular flexibility index (Phi) is 7.98. The second-order valence-corrected chi connectivity index (χ2v) is 7.18. The Morgan fingerprint density at radius 1 is 1.10 bits per heavy atom. The topological polar surface area (TPSA) is 110 Å². The monoisotopic (exact) mass is 395 g/mol. The van der Waals surface area contributed by atoms with Gasteiger partial charge in [0.1, 0.15) is 11.8 Å². The van der Waals surface area contributed by atoms with Crippen molar-refractivity contribution in [3.05, 3.63) is 71.9 Å². The van der Waals surface area contributed by atoms with E-state index in [1.165, 1.54) is 4.90 Å². The number of amides is 2. The van der Waals surface area contributed by atoms with Crippen LogP contribution in [0.25, 0.3) is 6.08 Å². The molecule has 0 spiro atoms. The number of benzene rings is 2. The highest BCUT2D eigenvalue weighted by molar-refractivity contribution is 5.90. The number of phenols is 1. The first-order valence-electron chi connectivity index (χ1n) is 9.71. The summed E-state index contributed by atoms with van der Waals surface area (Å²) in [5, 5.41) is 9.42. The van der Waals surface area contributed by atoms with Crippen molar-refractivity contribution in [1.82, 2.24) is 4.90 Å². The molecule has 6 heteroatoms. The maximum atomic E-state index is 13.2. The summed E-state index contributed by atoms with van der Waals surface area (Å²) in [5.41, 5.74) is 13.6. The molecule has 0 saturated heterocycles. The van der Waals surface area contributed by atoms with Crippen LogP contribution in [0.3, 0.4) is 0 Å². The molecule has 0 aliphatic rings. The van der Waals surface area contributed by atoms with Crippen molar-refractivity contribution in [2.75, 3.05) is 0 Å². The minimum atomic E-state index is -0.856. The number of phenolic OH excluding ortho intramolecular Hbond substituents is 1. The van der Waals surface area contributed by atoms with E-state index in [2.05, 4.69) is 0 Å². The zero-order valence-electron chi connectivity index (χ0n) is 16.9. The molecule has 0 aliphatic carbocycles. The number of aromatic hydroxyl groups is 1. The van der Waals surface area contributed by atoms with E-state index in [0.29, 0.717) is 6.42 Å². The second-order valence-electron chi connectivity index (χ2n) is 7.18. The van der Waals surface area contributed by atoms with Crippen LogP contribution in [0.2, 0.25) is 0 Å². The van der Waals surface area contributed by atoms with Crippen molar-refractivity contribution in [1.29, 1.82) is 0 Å². The lowest BCUT2D eigenvalue weighted by atomic mass is 9.95. The smallest absolute Gasteiger partial charge is 0.244 e. The average molecular weight is 396 g/mol. The molecule has 29 heavy (non-hydrogen) atoms. The highest BCUT2D eigenvalue weighted by atomic mass is 16.3. The summed E-state index contributed by atoms with van der Waals surface area (Å²) in [4.78, 5) is 26.8. The maximum Gasteiger partial charge on any atom is 0.244 e. The van der Waals surface area contributed by atoms with Gasteiger partial charge in [0.2, 0.25) is 11.8 Å². The van der Waals surface area contributed by atoms with Crippen LogP contribution >= 0.6 is 0 Å². The van der Waals surface area contributed by atoms with Gasteiger partial charge in [0.05, 0.1) is 6.04 Å². The predicted octanol–water partition coefficient (Wildman–Crippen LogP) is 2.66. The molecule has 0 aliphatic heterocycles. The van der Waals surface area contributed by atoms with Crippen molar-refractivity contribution in [2.45, 2.75) is 38.8 Å². The molecule has 0 fully saturated rings. The molecule has 154 valence electrons. The Bertz CT molecular complexity index is 834. The fourth-order valence-electron chi connectivity index (χ4n) is 3.11. The van der Waals surface area contributed by atoms with E-state index in [0.717, 1.165) is 11.1 Å². The van der Waals surface area contributed by atoms with Crippen LogP contribution in [0.1, 0.15) is 31.4 Å². The van der Waals surface area contributed by atoms with Gasteiger partial charge in [-0.3, -0.25) is 9.59 Å². The fraction of sp³-hybridized carbons (Fsp3) is 0.304. The van der Waals surface area contributed by atoms with E-state index >= 15 is 0 Å². The van der Waals surface area contributed by atoms with Crippen molar-refractivity contribution >= 4 is 17.9 Å².